The molecule has 0 bridgehead atoms. The van der Waals surface area contributed by atoms with E-state index >= 15 is 0 Å². The molecule has 1 nitrogen and oxygen atoms in total. The quantitative estimate of drug-likeness (QED) is 0.575. The van der Waals surface area contributed by atoms with Crippen molar-refractivity contribution in [3.05, 3.63) is 26.7 Å². The van der Waals surface area contributed by atoms with Gasteiger partial charge >= 0.3 is 0 Å². The summed E-state index contributed by atoms with van der Waals surface area (Å²) >= 11 is 6.85. The Morgan fingerprint density at radius 2 is 2.17 bits per heavy atom. The van der Waals surface area contributed by atoms with E-state index in [-0.39, 0.29) is 0 Å². The molecule has 0 spiro atoms. The molecule has 0 radical (unpaired) electrons. The summed E-state index contributed by atoms with van der Waals surface area (Å²) < 4.78 is 3.00. The van der Waals surface area contributed by atoms with Crippen LogP contribution in [0.15, 0.2) is 12.2 Å². The molecule has 1 aromatic heterocycles. The van der Waals surface area contributed by atoms with Gasteiger partial charge in [-0.05, 0) is 30.8 Å². The lowest BCUT2D eigenvalue weighted by atomic mass is 10.3. The summed E-state index contributed by atoms with van der Waals surface area (Å²) in [6.07, 6.45) is 9.63. The van der Waals surface area contributed by atoms with Crippen LogP contribution >= 0.6 is 23.6 Å². The minimum absolute atomic E-state index is 0.941. The Morgan fingerprint density at radius 1 is 1.42 bits per heavy atom. The highest BCUT2D eigenvalue weighted by atomic mass is 32.1. The number of nitrogens with zero attached hydrogens (tertiary/aromatic N) is 1. The molecule has 0 atom stereocenters. The normalized spacial score (nSPS) is 14.4. The summed E-state index contributed by atoms with van der Waals surface area (Å²) in [6, 6.07) is 0. The first kappa shape index (κ1) is 7.95. The van der Waals surface area contributed by atoms with Crippen molar-refractivity contribution in [1.82, 2.24) is 4.57 Å². The number of rotatable bonds is 0. The molecule has 0 amide bonds. The second kappa shape index (κ2) is 2.99. The predicted octanol–water partition coefficient (Wildman–Crippen LogP) is 3.25. The molecule has 0 N–H and O–H groups in total. The van der Waals surface area contributed by atoms with Crippen LogP contribution in [-0.2, 0) is 7.05 Å². The van der Waals surface area contributed by atoms with Gasteiger partial charge in [-0.2, -0.15) is 0 Å². The third kappa shape index (κ3) is 1.19. The van der Waals surface area contributed by atoms with Crippen LogP contribution in [0.1, 0.15) is 17.0 Å². The molecule has 0 aromatic carbocycles. The highest BCUT2D eigenvalue weighted by molar-refractivity contribution is 7.73. The van der Waals surface area contributed by atoms with E-state index in [2.05, 4.69) is 28.9 Å². The zero-order valence-electron chi connectivity index (χ0n) is 6.78. The topological polar surface area (TPSA) is 4.93 Å². The lowest BCUT2D eigenvalue weighted by Crippen LogP contribution is -1.90. The van der Waals surface area contributed by atoms with E-state index in [4.69, 9.17) is 12.2 Å². The summed E-state index contributed by atoms with van der Waals surface area (Å²) in [4.78, 5) is 1.27. The van der Waals surface area contributed by atoms with Crippen LogP contribution in [0, 0.1) is 3.95 Å². The molecule has 0 unspecified atom stereocenters. The number of hydrogen-bond acceptors (Lipinski definition) is 2. The lowest BCUT2D eigenvalue weighted by molar-refractivity contribution is 0.905. The van der Waals surface area contributed by atoms with Gasteiger partial charge in [-0.3, -0.25) is 0 Å². The van der Waals surface area contributed by atoms with Gasteiger partial charge in [-0.25, -0.2) is 0 Å². The lowest BCUT2D eigenvalue weighted by Gasteiger charge is -1.94. The summed E-state index contributed by atoms with van der Waals surface area (Å²) in [6.45, 7) is 0. The first-order valence-electron chi connectivity index (χ1n) is 3.82. The van der Waals surface area contributed by atoms with Crippen LogP contribution in [0.25, 0.3) is 12.2 Å². The number of thiazole rings is 1. The molecule has 0 saturated heterocycles. The Kier molecular flexibility index (Phi) is 1.98. The van der Waals surface area contributed by atoms with Gasteiger partial charge in [-0.15, -0.1) is 11.3 Å². The number of aromatic nitrogens is 1. The van der Waals surface area contributed by atoms with Gasteiger partial charge in [0.1, 0.15) is 0 Å². The molecular weight excluding hydrogens is 186 g/mol. The van der Waals surface area contributed by atoms with Crippen molar-refractivity contribution in [2.75, 3.05) is 0 Å². The van der Waals surface area contributed by atoms with E-state index in [1.165, 1.54) is 10.6 Å². The Morgan fingerprint density at radius 3 is 3.00 bits per heavy atom. The fourth-order valence-electron chi connectivity index (χ4n) is 1.23. The van der Waals surface area contributed by atoms with Crippen molar-refractivity contribution in [3.8, 4) is 0 Å². The van der Waals surface area contributed by atoms with Crippen molar-refractivity contribution >= 4 is 35.7 Å². The van der Waals surface area contributed by atoms with Crippen LogP contribution in [0.4, 0.5) is 0 Å². The van der Waals surface area contributed by atoms with E-state index in [0.717, 1.165) is 10.4 Å². The van der Waals surface area contributed by atoms with Gasteiger partial charge < -0.3 is 4.57 Å². The number of allylic oxidation sites excluding steroid dienone is 2. The minimum atomic E-state index is 0.941. The molecular formula is C9H9NS2. The molecule has 1 aliphatic carbocycles. The highest BCUT2D eigenvalue weighted by Crippen LogP contribution is 2.23. The van der Waals surface area contributed by atoms with Crippen LogP contribution in [0.3, 0.4) is 0 Å². The van der Waals surface area contributed by atoms with Gasteiger partial charge in [0, 0.05) is 7.05 Å². The molecule has 1 aliphatic rings. The monoisotopic (exact) mass is 195 g/mol. The van der Waals surface area contributed by atoms with Gasteiger partial charge in [-0.1, -0.05) is 12.2 Å². The molecule has 2 rings (SSSR count). The minimum Gasteiger partial charge on any atom is -0.326 e. The molecule has 0 aliphatic heterocycles. The SMILES string of the molecule is Cn1c2c(sc1=S)C=CCC=C2. The van der Waals surface area contributed by atoms with Crippen molar-refractivity contribution in [1.29, 1.82) is 0 Å². The average Bonchev–Trinajstić information content (AvgIpc) is 2.30. The molecule has 0 fully saturated rings. The zero-order chi connectivity index (χ0) is 8.55. The Balaban J connectivity index is 2.73. The van der Waals surface area contributed by atoms with E-state index < -0.39 is 0 Å². The molecule has 1 aromatic rings. The zero-order valence-corrected chi connectivity index (χ0v) is 8.41. The van der Waals surface area contributed by atoms with Gasteiger partial charge in [0.05, 0.1) is 10.6 Å². The van der Waals surface area contributed by atoms with E-state index in [9.17, 15) is 0 Å². The van der Waals surface area contributed by atoms with Crippen LogP contribution in [0.5, 0.6) is 0 Å². The maximum absolute atomic E-state index is 5.18. The summed E-state index contributed by atoms with van der Waals surface area (Å²) in [5.41, 5.74) is 1.23. The van der Waals surface area contributed by atoms with E-state index in [0.29, 0.717) is 0 Å². The maximum atomic E-state index is 5.18. The molecule has 3 heteroatoms. The highest BCUT2D eigenvalue weighted by Gasteiger charge is 2.05. The standard InChI is InChI=1S/C9H9NS2/c1-10-7-5-3-2-4-6-8(7)12-9(10)11/h3-6H,2H2,1H3. The third-order valence-electron chi connectivity index (χ3n) is 1.90. The first-order valence-corrected chi connectivity index (χ1v) is 5.04. The molecule has 1 heterocycles. The van der Waals surface area contributed by atoms with Gasteiger partial charge in [0.2, 0.25) is 0 Å². The molecule has 62 valence electrons. The van der Waals surface area contributed by atoms with Crippen molar-refractivity contribution in [3.63, 3.8) is 0 Å². The predicted molar refractivity (Wildman–Crippen MR) is 56.8 cm³/mol. The van der Waals surface area contributed by atoms with Crippen LogP contribution in [0.2, 0.25) is 0 Å². The van der Waals surface area contributed by atoms with Gasteiger partial charge in [0.25, 0.3) is 0 Å². The fraction of sp³-hybridized carbons (Fsp3) is 0.222. The smallest absolute Gasteiger partial charge is 0.161 e. The largest absolute Gasteiger partial charge is 0.326 e. The van der Waals surface area contributed by atoms with Crippen LogP contribution < -0.4 is 0 Å². The van der Waals surface area contributed by atoms with E-state index in [1.54, 1.807) is 11.3 Å². The second-order valence-corrected chi connectivity index (χ2v) is 4.39. The van der Waals surface area contributed by atoms with Crippen molar-refractivity contribution in [2.24, 2.45) is 7.05 Å². The molecule has 12 heavy (non-hydrogen) atoms. The third-order valence-corrected chi connectivity index (χ3v) is 3.44. The second-order valence-electron chi connectivity index (χ2n) is 2.72. The van der Waals surface area contributed by atoms with E-state index in [1.807, 2.05) is 7.05 Å². The van der Waals surface area contributed by atoms with Crippen LogP contribution in [-0.4, -0.2) is 4.57 Å². The molecule has 0 saturated carbocycles. The van der Waals surface area contributed by atoms with Crippen molar-refractivity contribution < 1.29 is 0 Å². The Bertz CT molecular complexity index is 407. The maximum Gasteiger partial charge on any atom is 0.161 e. The summed E-state index contributed by atoms with van der Waals surface area (Å²) in [7, 11) is 2.02. The number of hydrogen-bond donors (Lipinski definition) is 0. The van der Waals surface area contributed by atoms with Crippen molar-refractivity contribution in [2.45, 2.75) is 6.42 Å². The Hall–Kier alpha value is -0.670. The number of fused-ring (bicyclic) bond motifs is 1. The Labute approximate surface area is 80.7 Å². The summed E-state index contributed by atoms with van der Waals surface area (Å²) in [5, 5.41) is 0. The fourth-order valence-corrected chi connectivity index (χ4v) is 2.49. The first-order chi connectivity index (χ1) is 5.79. The van der Waals surface area contributed by atoms with Gasteiger partial charge in [0.15, 0.2) is 3.95 Å². The average molecular weight is 195 g/mol. The summed E-state index contributed by atoms with van der Waals surface area (Å²) in [5.74, 6) is 0.